The zero-order valence-electron chi connectivity index (χ0n) is 9.67. The Balaban J connectivity index is 2.19. The van der Waals surface area contributed by atoms with Crippen molar-refractivity contribution in [3.63, 3.8) is 0 Å². The Labute approximate surface area is 107 Å². The molecule has 2 aromatic rings. The van der Waals surface area contributed by atoms with Gasteiger partial charge in [0.2, 0.25) is 0 Å². The van der Waals surface area contributed by atoms with E-state index in [2.05, 4.69) is 4.99 Å². The molecule has 0 saturated carbocycles. The van der Waals surface area contributed by atoms with Gasteiger partial charge in [-0.2, -0.15) is 0 Å². The van der Waals surface area contributed by atoms with Crippen molar-refractivity contribution in [2.45, 2.75) is 13.0 Å². The molecule has 1 N–H and O–H groups in total. The van der Waals surface area contributed by atoms with E-state index in [-0.39, 0.29) is 11.3 Å². The zero-order valence-corrected chi connectivity index (χ0v) is 10.5. The van der Waals surface area contributed by atoms with Crippen LogP contribution in [0.3, 0.4) is 0 Å². The molecule has 1 aromatic carbocycles. The molecule has 18 heavy (non-hydrogen) atoms. The van der Waals surface area contributed by atoms with E-state index in [0.717, 1.165) is 29.9 Å². The number of rotatable bonds is 1. The SMILES string of the molecule is O=c1c(=Cc2cccc(O)c2)sc2n1CCCN=2. The van der Waals surface area contributed by atoms with Gasteiger partial charge in [-0.25, -0.2) is 0 Å². The summed E-state index contributed by atoms with van der Waals surface area (Å²) in [6.07, 6.45) is 2.72. The molecule has 5 heteroatoms. The van der Waals surface area contributed by atoms with Gasteiger partial charge in [-0.15, -0.1) is 0 Å². The van der Waals surface area contributed by atoms with Crippen LogP contribution in [0.1, 0.15) is 12.0 Å². The van der Waals surface area contributed by atoms with Crippen LogP contribution in [0, 0.1) is 0 Å². The molecule has 0 fully saturated rings. The van der Waals surface area contributed by atoms with E-state index in [0.29, 0.717) is 4.53 Å². The number of thiazole rings is 1. The van der Waals surface area contributed by atoms with E-state index >= 15 is 0 Å². The number of phenols is 1. The molecule has 0 aliphatic carbocycles. The first kappa shape index (κ1) is 11.2. The molecular formula is C13H12N2O2S. The van der Waals surface area contributed by atoms with Crippen molar-refractivity contribution in [3.05, 3.63) is 49.5 Å². The molecule has 0 radical (unpaired) electrons. The van der Waals surface area contributed by atoms with Crippen LogP contribution in [0.4, 0.5) is 0 Å². The summed E-state index contributed by atoms with van der Waals surface area (Å²) < 4.78 is 2.39. The smallest absolute Gasteiger partial charge is 0.270 e. The zero-order chi connectivity index (χ0) is 12.5. The maximum atomic E-state index is 12.1. The molecule has 2 heterocycles. The van der Waals surface area contributed by atoms with Gasteiger partial charge in [-0.3, -0.25) is 14.4 Å². The number of nitrogens with zero attached hydrogens (tertiary/aromatic N) is 2. The minimum atomic E-state index is 0.0155. The number of hydrogen-bond donors (Lipinski definition) is 1. The molecule has 1 aliphatic rings. The highest BCUT2D eigenvalue weighted by molar-refractivity contribution is 7.07. The first-order valence-corrected chi connectivity index (χ1v) is 6.60. The topological polar surface area (TPSA) is 54.6 Å². The monoisotopic (exact) mass is 260 g/mol. The standard InChI is InChI=1S/C13H12N2O2S/c16-10-4-1-3-9(7-10)8-11-12(17)15-6-2-5-14-13(15)18-11/h1,3-4,7-8,16H,2,5-6H2. The number of phenolic OH excluding ortho intramolecular Hbond substituents is 1. The molecule has 0 atom stereocenters. The fourth-order valence-electron chi connectivity index (χ4n) is 1.99. The summed E-state index contributed by atoms with van der Waals surface area (Å²) in [5, 5.41) is 9.40. The number of benzene rings is 1. The lowest BCUT2D eigenvalue weighted by atomic mass is 10.2. The van der Waals surface area contributed by atoms with Crippen LogP contribution < -0.4 is 14.9 Å². The van der Waals surface area contributed by atoms with Crippen molar-refractivity contribution >= 4 is 17.4 Å². The molecule has 92 valence electrons. The predicted molar refractivity (Wildman–Crippen MR) is 70.5 cm³/mol. The van der Waals surface area contributed by atoms with Crippen molar-refractivity contribution < 1.29 is 5.11 Å². The highest BCUT2D eigenvalue weighted by atomic mass is 32.1. The van der Waals surface area contributed by atoms with Crippen LogP contribution in [0.2, 0.25) is 0 Å². The summed E-state index contributed by atoms with van der Waals surface area (Å²) in [5.41, 5.74) is 0.841. The quantitative estimate of drug-likeness (QED) is 0.810. The average Bonchev–Trinajstić information content (AvgIpc) is 2.67. The van der Waals surface area contributed by atoms with Gasteiger partial charge in [-0.05, 0) is 30.2 Å². The molecule has 0 saturated heterocycles. The molecule has 4 nitrogen and oxygen atoms in total. The third kappa shape index (κ3) is 1.97. The van der Waals surface area contributed by atoms with Crippen LogP contribution in [0.5, 0.6) is 5.75 Å². The Morgan fingerprint density at radius 1 is 1.44 bits per heavy atom. The second-order valence-electron chi connectivity index (χ2n) is 4.18. The Morgan fingerprint density at radius 3 is 3.11 bits per heavy atom. The maximum Gasteiger partial charge on any atom is 0.270 e. The Hall–Kier alpha value is -1.88. The number of hydrogen-bond acceptors (Lipinski definition) is 4. The molecular weight excluding hydrogens is 248 g/mol. The Bertz CT molecular complexity index is 758. The molecule has 1 aromatic heterocycles. The van der Waals surface area contributed by atoms with Gasteiger partial charge in [-0.1, -0.05) is 23.5 Å². The van der Waals surface area contributed by atoms with Gasteiger partial charge in [0.05, 0.1) is 4.53 Å². The summed E-state index contributed by atoms with van der Waals surface area (Å²) in [6.45, 7) is 1.55. The highest BCUT2D eigenvalue weighted by Gasteiger charge is 2.08. The van der Waals surface area contributed by atoms with E-state index in [9.17, 15) is 9.90 Å². The normalized spacial score (nSPS) is 15.2. The first-order valence-electron chi connectivity index (χ1n) is 5.79. The first-order chi connectivity index (χ1) is 8.74. The molecule has 0 amide bonds. The summed E-state index contributed by atoms with van der Waals surface area (Å²) in [6, 6.07) is 6.87. The van der Waals surface area contributed by atoms with Gasteiger partial charge in [0.25, 0.3) is 5.56 Å². The van der Waals surface area contributed by atoms with Crippen molar-refractivity contribution in [2.75, 3.05) is 6.54 Å². The molecule has 3 rings (SSSR count). The second-order valence-corrected chi connectivity index (χ2v) is 5.19. The van der Waals surface area contributed by atoms with Crippen LogP contribution in [-0.2, 0) is 6.54 Å². The van der Waals surface area contributed by atoms with Gasteiger partial charge < -0.3 is 5.11 Å². The van der Waals surface area contributed by atoms with E-state index in [1.165, 1.54) is 11.3 Å². The van der Waals surface area contributed by atoms with Gasteiger partial charge in [0.1, 0.15) is 5.75 Å². The van der Waals surface area contributed by atoms with E-state index in [4.69, 9.17) is 0 Å². The van der Waals surface area contributed by atoms with E-state index in [1.807, 2.05) is 6.07 Å². The number of aromatic hydroxyl groups is 1. The molecule has 1 aliphatic heterocycles. The second kappa shape index (κ2) is 4.42. The minimum Gasteiger partial charge on any atom is -0.508 e. The maximum absolute atomic E-state index is 12.1. The summed E-state index contributed by atoms with van der Waals surface area (Å²) >= 11 is 1.41. The lowest BCUT2D eigenvalue weighted by molar-refractivity contribution is 0.475. The van der Waals surface area contributed by atoms with Crippen molar-refractivity contribution in [1.82, 2.24) is 4.57 Å². The summed E-state index contributed by atoms with van der Waals surface area (Å²) in [7, 11) is 0. The van der Waals surface area contributed by atoms with Gasteiger partial charge in [0.15, 0.2) is 4.80 Å². The van der Waals surface area contributed by atoms with Gasteiger partial charge >= 0.3 is 0 Å². The Morgan fingerprint density at radius 2 is 2.33 bits per heavy atom. The largest absolute Gasteiger partial charge is 0.508 e. The van der Waals surface area contributed by atoms with Crippen LogP contribution in [0.25, 0.3) is 6.08 Å². The highest BCUT2D eigenvalue weighted by Crippen LogP contribution is 2.10. The van der Waals surface area contributed by atoms with E-state index in [1.54, 1.807) is 28.8 Å². The predicted octanol–water partition coefficient (Wildman–Crippen LogP) is 0.467. The summed E-state index contributed by atoms with van der Waals surface area (Å²) in [4.78, 5) is 17.3. The average molecular weight is 260 g/mol. The summed E-state index contributed by atoms with van der Waals surface area (Å²) in [5.74, 6) is 0.204. The lowest BCUT2D eigenvalue weighted by Crippen LogP contribution is -2.33. The third-order valence-corrected chi connectivity index (χ3v) is 3.89. The van der Waals surface area contributed by atoms with Crippen molar-refractivity contribution in [1.29, 1.82) is 0 Å². The Kier molecular flexibility index (Phi) is 2.76. The third-order valence-electron chi connectivity index (χ3n) is 2.84. The fourth-order valence-corrected chi connectivity index (χ4v) is 3.02. The molecule has 0 bridgehead atoms. The van der Waals surface area contributed by atoms with Gasteiger partial charge in [0, 0.05) is 13.1 Å². The lowest BCUT2D eigenvalue weighted by Gasteiger charge is -2.03. The van der Waals surface area contributed by atoms with Crippen LogP contribution in [-0.4, -0.2) is 16.2 Å². The fraction of sp³-hybridized carbons (Fsp3) is 0.231. The van der Waals surface area contributed by atoms with E-state index < -0.39 is 0 Å². The van der Waals surface area contributed by atoms with Crippen LogP contribution >= 0.6 is 11.3 Å². The molecule has 0 unspecified atom stereocenters. The van der Waals surface area contributed by atoms with Crippen molar-refractivity contribution in [2.24, 2.45) is 4.99 Å². The van der Waals surface area contributed by atoms with Crippen molar-refractivity contribution in [3.8, 4) is 5.75 Å². The molecule has 0 spiro atoms. The number of aromatic nitrogens is 1. The van der Waals surface area contributed by atoms with Crippen LogP contribution in [0.15, 0.2) is 34.1 Å². The minimum absolute atomic E-state index is 0.0155. The number of fused-ring (bicyclic) bond motifs is 1.